The Bertz CT molecular complexity index is 992. The van der Waals surface area contributed by atoms with E-state index in [0.717, 1.165) is 29.0 Å². The molecule has 4 rings (SSSR count). The molecule has 0 spiro atoms. The highest BCUT2D eigenvalue weighted by molar-refractivity contribution is 5.71. The zero-order valence-electron chi connectivity index (χ0n) is 20.5. The Hall–Kier alpha value is -2.41. The van der Waals surface area contributed by atoms with Gasteiger partial charge in [-0.15, -0.1) is 0 Å². The third kappa shape index (κ3) is 6.14. The van der Waals surface area contributed by atoms with Crippen LogP contribution in [0.4, 0.5) is 4.39 Å². The smallest absolute Gasteiger partial charge is 0.131 e. The number of aryl methyl sites for hydroxylation is 1. The van der Waals surface area contributed by atoms with Crippen LogP contribution in [0, 0.1) is 11.7 Å². The highest BCUT2D eigenvalue weighted by Gasteiger charge is 2.21. The van der Waals surface area contributed by atoms with Crippen molar-refractivity contribution in [1.29, 1.82) is 0 Å². The summed E-state index contributed by atoms with van der Waals surface area (Å²) < 4.78 is 15.1. The lowest BCUT2D eigenvalue weighted by Gasteiger charge is -2.28. The Morgan fingerprint density at radius 3 is 2.00 bits per heavy atom. The van der Waals surface area contributed by atoms with Gasteiger partial charge in [-0.3, -0.25) is 0 Å². The molecular formula is C32H39F. The first-order valence-electron chi connectivity index (χ1n) is 13.2. The number of halogens is 1. The fraction of sp³-hybridized carbons (Fsp3) is 0.438. The molecule has 0 unspecified atom stereocenters. The van der Waals surface area contributed by atoms with Crippen molar-refractivity contribution in [2.24, 2.45) is 5.92 Å². The fourth-order valence-corrected chi connectivity index (χ4v) is 5.50. The maximum atomic E-state index is 15.1. The van der Waals surface area contributed by atoms with Crippen LogP contribution in [0.25, 0.3) is 22.3 Å². The third-order valence-corrected chi connectivity index (χ3v) is 7.56. The summed E-state index contributed by atoms with van der Waals surface area (Å²) in [5.41, 5.74) is 6.46. The van der Waals surface area contributed by atoms with Gasteiger partial charge in [0.15, 0.2) is 0 Å². The summed E-state index contributed by atoms with van der Waals surface area (Å²) in [6.45, 7) is 4.52. The van der Waals surface area contributed by atoms with E-state index in [1.807, 2.05) is 12.1 Å². The predicted octanol–water partition coefficient (Wildman–Crippen LogP) is 9.97. The van der Waals surface area contributed by atoms with Gasteiger partial charge >= 0.3 is 0 Å². The van der Waals surface area contributed by atoms with Crippen LogP contribution in [0.5, 0.6) is 0 Å². The van der Waals surface area contributed by atoms with Crippen LogP contribution in [0.2, 0.25) is 0 Å². The van der Waals surface area contributed by atoms with Gasteiger partial charge in [0.1, 0.15) is 5.82 Å². The zero-order chi connectivity index (χ0) is 23.0. The average Bonchev–Trinajstić information content (AvgIpc) is 2.85. The number of unbranched alkanes of at least 4 members (excludes halogenated alkanes) is 2. The number of hydrogen-bond donors (Lipinski definition) is 0. The molecule has 1 aliphatic carbocycles. The standard InChI is InChI=1S/C32H39F/c1-3-5-6-8-25-11-15-28(16-12-25)30-21-22-31(32(33)23-30)29-19-17-27(18-20-29)26-13-9-24(7-4-2)10-14-26/h11-12,15-24,26H,3-10,13-14H2,1-2H3. The van der Waals surface area contributed by atoms with Gasteiger partial charge in [0.2, 0.25) is 0 Å². The molecule has 0 bridgehead atoms. The van der Waals surface area contributed by atoms with Gasteiger partial charge in [-0.05, 0) is 84.2 Å². The summed E-state index contributed by atoms with van der Waals surface area (Å²) >= 11 is 0. The molecule has 0 saturated heterocycles. The van der Waals surface area contributed by atoms with Crippen molar-refractivity contribution >= 4 is 0 Å². The number of benzene rings is 3. The van der Waals surface area contributed by atoms with Crippen molar-refractivity contribution in [2.75, 3.05) is 0 Å². The Morgan fingerprint density at radius 2 is 1.36 bits per heavy atom. The summed E-state index contributed by atoms with van der Waals surface area (Å²) in [6, 6.07) is 23.0. The maximum absolute atomic E-state index is 15.1. The Labute approximate surface area is 200 Å². The quantitative estimate of drug-likeness (QED) is 0.289. The van der Waals surface area contributed by atoms with E-state index in [-0.39, 0.29) is 5.82 Å². The summed E-state index contributed by atoms with van der Waals surface area (Å²) in [4.78, 5) is 0. The molecule has 1 saturated carbocycles. The molecule has 0 amide bonds. The normalized spacial score (nSPS) is 18.4. The minimum absolute atomic E-state index is 0.146. The molecule has 3 aromatic carbocycles. The molecule has 3 aromatic rings. The van der Waals surface area contributed by atoms with Gasteiger partial charge < -0.3 is 0 Å². The largest absolute Gasteiger partial charge is 0.206 e. The predicted molar refractivity (Wildman–Crippen MR) is 140 cm³/mol. The molecule has 1 fully saturated rings. The highest BCUT2D eigenvalue weighted by atomic mass is 19.1. The number of hydrogen-bond acceptors (Lipinski definition) is 0. The summed E-state index contributed by atoms with van der Waals surface area (Å²) in [6.07, 6.45) is 12.9. The van der Waals surface area contributed by atoms with E-state index in [9.17, 15) is 0 Å². The molecule has 0 atom stereocenters. The van der Waals surface area contributed by atoms with Gasteiger partial charge in [-0.1, -0.05) is 100 Å². The van der Waals surface area contributed by atoms with Crippen molar-refractivity contribution in [2.45, 2.75) is 84.0 Å². The van der Waals surface area contributed by atoms with Crippen LogP contribution in [-0.4, -0.2) is 0 Å². The Kier molecular flexibility index (Phi) is 8.37. The van der Waals surface area contributed by atoms with E-state index in [4.69, 9.17) is 0 Å². The maximum Gasteiger partial charge on any atom is 0.131 e. The molecule has 0 N–H and O–H groups in total. The molecule has 0 aliphatic heterocycles. The van der Waals surface area contributed by atoms with E-state index in [0.29, 0.717) is 11.5 Å². The Morgan fingerprint density at radius 1 is 0.697 bits per heavy atom. The van der Waals surface area contributed by atoms with E-state index < -0.39 is 0 Å². The number of rotatable bonds is 9. The molecule has 174 valence electrons. The molecule has 1 heteroatoms. The first-order valence-corrected chi connectivity index (χ1v) is 13.2. The van der Waals surface area contributed by atoms with Crippen LogP contribution in [0.15, 0.2) is 66.7 Å². The van der Waals surface area contributed by atoms with Crippen LogP contribution >= 0.6 is 0 Å². The Balaban J connectivity index is 1.42. The second kappa shape index (κ2) is 11.6. The topological polar surface area (TPSA) is 0 Å². The molecule has 0 radical (unpaired) electrons. The fourth-order valence-electron chi connectivity index (χ4n) is 5.50. The van der Waals surface area contributed by atoms with Crippen LogP contribution in [-0.2, 0) is 6.42 Å². The monoisotopic (exact) mass is 442 g/mol. The van der Waals surface area contributed by atoms with E-state index in [1.54, 1.807) is 6.07 Å². The molecule has 0 nitrogen and oxygen atoms in total. The van der Waals surface area contributed by atoms with E-state index >= 15 is 4.39 Å². The average molecular weight is 443 g/mol. The van der Waals surface area contributed by atoms with Crippen LogP contribution < -0.4 is 0 Å². The lowest BCUT2D eigenvalue weighted by atomic mass is 9.77. The van der Waals surface area contributed by atoms with Crippen molar-refractivity contribution in [3.05, 3.63) is 83.7 Å². The third-order valence-electron chi connectivity index (χ3n) is 7.56. The minimum atomic E-state index is -0.146. The molecular weight excluding hydrogens is 403 g/mol. The van der Waals surface area contributed by atoms with Gasteiger partial charge in [0, 0.05) is 5.56 Å². The minimum Gasteiger partial charge on any atom is -0.206 e. The van der Waals surface area contributed by atoms with Gasteiger partial charge in [0.25, 0.3) is 0 Å². The van der Waals surface area contributed by atoms with Gasteiger partial charge in [-0.2, -0.15) is 0 Å². The van der Waals surface area contributed by atoms with Crippen LogP contribution in [0.3, 0.4) is 0 Å². The molecule has 33 heavy (non-hydrogen) atoms. The first-order chi connectivity index (χ1) is 16.2. The SMILES string of the molecule is CCCCCc1ccc(-c2ccc(-c3ccc(C4CCC(CCC)CC4)cc3)c(F)c2)cc1. The molecule has 0 aromatic heterocycles. The van der Waals surface area contributed by atoms with E-state index in [2.05, 4.69) is 62.4 Å². The molecule has 1 aliphatic rings. The van der Waals surface area contributed by atoms with Crippen molar-refractivity contribution < 1.29 is 4.39 Å². The summed E-state index contributed by atoms with van der Waals surface area (Å²) in [5.74, 6) is 1.45. The van der Waals surface area contributed by atoms with Gasteiger partial charge in [0.05, 0.1) is 0 Å². The van der Waals surface area contributed by atoms with Crippen molar-refractivity contribution in [3.63, 3.8) is 0 Å². The lowest BCUT2D eigenvalue weighted by Crippen LogP contribution is -2.13. The molecule has 0 heterocycles. The highest BCUT2D eigenvalue weighted by Crippen LogP contribution is 2.38. The van der Waals surface area contributed by atoms with E-state index in [1.165, 1.54) is 68.9 Å². The lowest BCUT2D eigenvalue weighted by molar-refractivity contribution is 0.308. The summed E-state index contributed by atoms with van der Waals surface area (Å²) in [7, 11) is 0. The summed E-state index contributed by atoms with van der Waals surface area (Å²) in [5, 5.41) is 0. The zero-order valence-corrected chi connectivity index (χ0v) is 20.5. The second-order valence-corrected chi connectivity index (χ2v) is 9.98. The van der Waals surface area contributed by atoms with Crippen molar-refractivity contribution in [1.82, 2.24) is 0 Å². The first kappa shape index (κ1) is 23.7. The van der Waals surface area contributed by atoms with Gasteiger partial charge in [-0.25, -0.2) is 4.39 Å². The van der Waals surface area contributed by atoms with Crippen molar-refractivity contribution in [3.8, 4) is 22.3 Å². The van der Waals surface area contributed by atoms with Crippen LogP contribution in [0.1, 0.15) is 88.7 Å². The second-order valence-electron chi connectivity index (χ2n) is 9.98.